The summed E-state index contributed by atoms with van der Waals surface area (Å²) in [4.78, 5) is 0. The number of fused-ring (bicyclic) bond motifs is 1. The van der Waals surface area contributed by atoms with Gasteiger partial charge in [0.05, 0.1) is 6.10 Å². The summed E-state index contributed by atoms with van der Waals surface area (Å²) in [5.74, 6) is 0.375. The van der Waals surface area contributed by atoms with E-state index in [1.54, 1.807) is 0 Å². The molecule has 2 aromatic carbocycles. The molecule has 3 rings (SSSR count). The Balaban J connectivity index is 2.08. The molecule has 0 spiro atoms. The Labute approximate surface area is 113 Å². The molecule has 2 aromatic rings. The first-order valence-corrected chi connectivity index (χ1v) is 6.68. The maximum absolute atomic E-state index is 9.83. The summed E-state index contributed by atoms with van der Waals surface area (Å²) < 4.78 is 0. The van der Waals surface area contributed by atoms with Crippen LogP contribution in [0, 0.1) is 13.8 Å². The molecule has 0 aliphatic heterocycles. The Morgan fingerprint density at radius 3 is 2.37 bits per heavy atom. The topological polar surface area (TPSA) is 40.5 Å². The second-order valence-electron chi connectivity index (χ2n) is 5.43. The van der Waals surface area contributed by atoms with E-state index in [9.17, 15) is 10.2 Å². The first-order chi connectivity index (χ1) is 9.06. The fourth-order valence-corrected chi connectivity index (χ4v) is 2.90. The molecule has 0 saturated carbocycles. The van der Waals surface area contributed by atoms with E-state index >= 15 is 0 Å². The summed E-state index contributed by atoms with van der Waals surface area (Å²) in [5, 5.41) is 19.7. The van der Waals surface area contributed by atoms with Gasteiger partial charge in [-0.15, -0.1) is 0 Å². The maximum Gasteiger partial charge on any atom is 0.121 e. The molecule has 1 aliphatic carbocycles. The number of hydrogen-bond donors (Lipinski definition) is 2. The quantitative estimate of drug-likeness (QED) is 0.815. The van der Waals surface area contributed by atoms with Gasteiger partial charge in [-0.3, -0.25) is 0 Å². The number of benzene rings is 2. The number of phenols is 1. The molecule has 0 amide bonds. The van der Waals surface area contributed by atoms with Gasteiger partial charge in [-0.05, 0) is 72.2 Å². The molecule has 0 heterocycles. The molecular weight excluding hydrogens is 236 g/mol. The van der Waals surface area contributed by atoms with E-state index in [0.717, 1.165) is 40.7 Å². The third-order valence-corrected chi connectivity index (χ3v) is 4.01. The molecule has 0 fully saturated rings. The van der Waals surface area contributed by atoms with Gasteiger partial charge in [0.15, 0.2) is 0 Å². The van der Waals surface area contributed by atoms with Gasteiger partial charge >= 0.3 is 0 Å². The Hall–Kier alpha value is -1.80. The number of phenolic OH excluding ortho intramolecular Hbond substituents is 1. The minimum Gasteiger partial charge on any atom is -0.507 e. The summed E-state index contributed by atoms with van der Waals surface area (Å²) in [6.07, 6.45) is 1.47. The van der Waals surface area contributed by atoms with E-state index in [-0.39, 0.29) is 6.10 Å². The van der Waals surface area contributed by atoms with E-state index in [0.29, 0.717) is 5.75 Å². The lowest BCUT2D eigenvalue weighted by molar-refractivity contribution is 0.180. The Bertz CT molecular complexity index is 621. The standard InChI is InChI=1S/C17H18O2/c1-10-7-14(8-11(2)17(10)19)12-3-5-15-13(9-12)4-6-16(15)18/h3,5,7-9,16,18-19H,4,6H2,1-2H3/t16-/m1/s1. The first-order valence-electron chi connectivity index (χ1n) is 6.68. The minimum absolute atomic E-state index is 0.299. The van der Waals surface area contributed by atoms with E-state index in [2.05, 4.69) is 12.1 Å². The lowest BCUT2D eigenvalue weighted by Crippen LogP contribution is -1.91. The summed E-state index contributed by atoms with van der Waals surface area (Å²) in [6, 6.07) is 10.3. The minimum atomic E-state index is -0.299. The predicted octanol–water partition coefficient (Wildman–Crippen LogP) is 3.66. The van der Waals surface area contributed by atoms with Crippen LogP contribution in [0.4, 0.5) is 0 Å². The number of aromatic hydroxyl groups is 1. The Morgan fingerprint density at radius 2 is 1.68 bits per heavy atom. The van der Waals surface area contributed by atoms with Crippen molar-refractivity contribution in [2.24, 2.45) is 0 Å². The van der Waals surface area contributed by atoms with Gasteiger partial charge in [0.25, 0.3) is 0 Å². The molecule has 0 radical (unpaired) electrons. The van der Waals surface area contributed by atoms with Crippen LogP contribution in [0.1, 0.15) is 34.8 Å². The molecule has 0 unspecified atom stereocenters. The molecule has 1 aliphatic rings. The molecular formula is C17H18O2. The molecule has 1 atom stereocenters. The van der Waals surface area contributed by atoms with E-state index < -0.39 is 0 Å². The number of aliphatic hydroxyl groups excluding tert-OH is 1. The van der Waals surface area contributed by atoms with Gasteiger partial charge in [0, 0.05) is 0 Å². The van der Waals surface area contributed by atoms with E-state index in [1.807, 2.05) is 32.0 Å². The second-order valence-corrected chi connectivity index (χ2v) is 5.43. The highest BCUT2D eigenvalue weighted by Gasteiger charge is 2.20. The largest absolute Gasteiger partial charge is 0.507 e. The summed E-state index contributed by atoms with van der Waals surface area (Å²) in [7, 11) is 0. The van der Waals surface area contributed by atoms with Crippen LogP contribution in [0.5, 0.6) is 5.75 Å². The van der Waals surface area contributed by atoms with Gasteiger partial charge in [-0.1, -0.05) is 18.2 Å². The lowest BCUT2D eigenvalue weighted by Gasteiger charge is -2.10. The lowest BCUT2D eigenvalue weighted by atomic mass is 9.97. The smallest absolute Gasteiger partial charge is 0.121 e. The van der Waals surface area contributed by atoms with Crippen LogP contribution in [0.25, 0.3) is 11.1 Å². The van der Waals surface area contributed by atoms with Crippen LogP contribution in [0.3, 0.4) is 0 Å². The van der Waals surface area contributed by atoms with Crippen molar-refractivity contribution in [1.29, 1.82) is 0 Å². The van der Waals surface area contributed by atoms with Crippen molar-refractivity contribution in [1.82, 2.24) is 0 Å². The van der Waals surface area contributed by atoms with Crippen molar-refractivity contribution in [3.63, 3.8) is 0 Å². The summed E-state index contributed by atoms with van der Waals surface area (Å²) in [6.45, 7) is 3.84. The highest BCUT2D eigenvalue weighted by Crippen LogP contribution is 2.35. The van der Waals surface area contributed by atoms with Crippen LogP contribution >= 0.6 is 0 Å². The van der Waals surface area contributed by atoms with Crippen LogP contribution in [-0.4, -0.2) is 10.2 Å². The molecule has 98 valence electrons. The Kier molecular flexibility index (Phi) is 2.83. The van der Waals surface area contributed by atoms with Crippen LogP contribution in [-0.2, 0) is 6.42 Å². The molecule has 2 nitrogen and oxygen atoms in total. The molecule has 19 heavy (non-hydrogen) atoms. The summed E-state index contributed by atoms with van der Waals surface area (Å²) >= 11 is 0. The number of hydrogen-bond acceptors (Lipinski definition) is 2. The zero-order chi connectivity index (χ0) is 13.6. The van der Waals surface area contributed by atoms with Crippen molar-refractivity contribution in [3.8, 4) is 16.9 Å². The summed E-state index contributed by atoms with van der Waals surface area (Å²) in [5.41, 5.74) is 6.38. The van der Waals surface area contributed by atoms with Crippen LogP contribution in [0.2, 0.25) is 0 Å². The zero-order valence-corrected chi connectivity index (χ0v) is 11.3. The van der Waals surface area contributed by atoms with Crippen molar-refractivity contribution in [3.05, 3.63) is 52.6 Å². The van der Waals surface area contributed by atoms with Crippen LogP contribution in [0.15, 0.2) is 30.3 Å². The molecule has 0 saturated heterocycles. The van der Waals surface area contributed by atoms with E-state index in [4.69, 9.17) is 0 Å². The SMILES string of the molecule is Cc1cc(-c2ccc3c(c2)CC[C@H]3O)cc(C)c1O. The first kappa shape index (κ1) is 12.2. The fourth-order valence-electron chi connectivity index (χ4n) is 2.90. The number of aliphatic hydroxyl groups is 1. The molecule has 2 N–H and O–H groups in total. The van der Waals surface area contributed by atoms with Crippen molar-refractivity contribution in [2.75, 3.05) is 0 Å². The molecule has 0 bridgehead atoms. The van der Waals surface area contributed by atoms with Crippen molar-refractivity contribution >= 4 is 0 Å². The highest BCUT2D eigenvalue weighted by molar-refractivity contribution is 5.68. The maximum atomic E-state index is 9.83. The normalized spacial score (nSPS) is 17.5. The average molecular weight is 254 g/mol. The number of aryl methyl sites for hydroxylation is 3. The van der Waals surface area contributed by atoms with E-state index in [1.165, 1.54) is 5.56 Å². The average Bonchev–Trinajstić information content (AvgIpc) is 2.76. The van der Waals surface area contributed by atoms with Crippen molar-refractivity contribution < 1.29 is 10.2 Å². The third kappa shape index (κ3) is 2.02. The van der Waals surface area contributed by atoms with Gasteiger partial charge < -0.3 is 10.2 Å². The second kappa shape index (κ2) is 4.39. The van der Waals surface area contributed by atoms with Gasteiger partial charge in [-0.2, -0.15) is 0 Å². The van der Waals surface area contributed by atoms with Gasteiger partial charge in [0.2, 0.25) is 0 Å². The predicted molar refractivity (Wildman–Crippen MR) is 76.3 cm³/mol. The third-order valence-electron chi connectivity index (χ3n) is 4.01. The van der Waals surface area contributed by atoms with Crippen molar-refractivity contribution in [2.45, 2.75) is 32.8 Å². The van der Waals surface area contributed by atoms with Gasteiger partial charge in [0.1, 0.15) is 5.75 Å². The fraction of sp³-hybridized carbons (Fsp3) is 0.294. The molecule has 0 aromatic heterocycles. The van der Waals surface area contributed by atoms with Gasteiger partial charge in [-0.25, -0.2) is 0 Å². The zero-order valence-electron chi connectivity index (χ0n) is 11.3. The number of rotatable bonds is 1. The van der Waals surface area contributed by atoms with Crippen LogP contribution < -0.4 is 0 Å². The molecule has 2 heteroatoms. The Morgan fingerprint density at radius 1 is 1.00 bits per heavy atom. The highest BCUT2D eigenvalue weighted by atomic mass is 16.3. The monoisotopic (exact) mass is 254 g/mol.